The number of halogens is 6. The molecule has 17 heteroatoms. The predicted octanol–water partition coefficient (Wildman–Crippen LogP) is 4.03. The van der Waals surface area contributed by atoms with Gasteiger partial charge in [-0.2, -0.15) is 26.3 Å². The summed E-state index contributed by atoms with van der Waals surface area (Å²) in [4.78, 5) is 28.7. The SMILES string of the molecule is O=C(O)C(F)(F)F.O=C(O)C(F)(F)F.c1ccc(CN2CCOC(c3nnn4cc(-c5ccncc5)ccc34)C2)nc1. The zero-order valence-corrected chi connectivity index (χ0v) is 21.3. The van der Waals surface area contributed by atoms with Gasteiger partial charge in [0.15, 0.2) is 0 Å². The van der Waals surface area contributed by atoms with E-state index in [4.69, 9.17) is 24.5 Å². The molecule has 1 saturated heterocycles. The molecule has 5 heterocycles. The largest absolute Gasteiger partial charge is 0.490 e. The first-order valence-electron chi connectivity index (χ1n) is 11.8. The van der Waals surface area contributed by atoms with Crippen LogP contribution in [0.1, 0.15) is 17.5 Å². The van der Waals surface area contributed by atoms with E-state index in [1.54, 1.807) is 12.4 Å². The van der Waals surface area contributed by atoms with Crippen LogP contribution in [0.3, 0.4) is 0 Å². The highest BCUT2D eigenvalue weighted by atomic mass is 19.4. The molecule has 0 amide bonds. The topological polar surface area (TPSA) is 143 Å². The van der Waals surface area contributed by atoms with Crippen LogP contribution in [0.5, 0.6) is 0 Å². The molecule has 0 saturated carbocycles. The van der Waals surface area contributed by atoms with Crippen LogP contribution in [0.4, 0.5) is 26.3 Å². The van der Waals surface area contributed by atoms with Gasteiger partial charge >= 0.3 is 24.3 Å². The number of carboxylic acids is 2. The van der Waals surface area contributed by atoms with E-state index in [1.807, 2.05) is 41.2 Å². The van der Waals surface area contributed by atoms with Crippen molar-refractivity contribution in [2.24, 2.45) is 0 Å². The number of pyridine rings is 3. The molecule has 224 valence electrons. The Bertz CT molecular complexity index is 1440. The smallest absolute Gasteiger partial charge is 0.475 e. The van der Waals surface area contributed by atoms with E-state index >= 15 is 0 Å². The molecule has 5 rings (SSSR count). The van der Waals surface area contributed by atoms with Crippen molar-refractivity contribution in [3.05, 3.63) is 78.6 Å². The lowest BCUT2D eigenvalue weighted by Gasteiger charge is -2.31. The van der Waals surface area contributed by atoms with Crippen molar-refractivity contribution < 1.29 is 50.9 Å². The summed E-state index contributed by atoms with van der Waals surface area (Å²) in [6, 6.07) is 14.1. The molecule has 1 aliphatic heterocycles. The Balaban J connectivity index is 0.000000289. The quantitative estimate of drug-likeness (QED) is 0.330. The fraction of sp³-hybridized carbons (Fsp3) is 0.280. The number of ether oxygens (including phenoxy) is 1. The molecule has 0 aliphatic carbocycles. The van der Waals surface area contributed by atoms with E-state index in [9.17, 15) is 26.3 Å². The summed E-state index contributed by atoms with van der Waals surface area (Å²) < 4.78 is 71.3. The Labute approximate surface area is 233 Å². The number of aliphatic carboxylic acids is 2. The van der Waals surface area contributed by atoms with Gasteiger partial charge in [0.1, 0.15) is 11.8 Å². The monoisotopic (exact) mass is 600 g/mol. The van der Waals surface area contributed by atoms with E-state index in [1.165, 1.54) is 0 Å². The standard InChI is InChI=1S/C21H20N6O.2C2HF3O2/c1-2-8-23-18(3-1)14-26-11-12-28-20(15-26)21-19-5-4-17(13-27(19)25-24-21)16-6-9-22-10-7-16;2*3-2(4,5)1(6)7/h1-10,13,20H,11-12,14-15H2;2*(H,6,7). The predicted molar refractivity (Wildman–Crippen MR) is 132 cm³/mol. The van der Waals surface area contributed by atoms with Crippen LogP contribution in [0.25, 0.3) is 16.6 Å². The fourth-order valence-corrected chi connectivity index (χ4v) is 3.59. The molecule has 1 atom stereocenters. The van der Waals surface area contributed by atoms with E-state index in [0.717, 1.165) is 47.7 Å². The van der Waals surface area contributed by atoms with Gasteiger partial charge < -0.3 is 14.9 Å². The number of hydrogen-bond donors (Lipinski definition) is 2. The normalized spacial score (nSPS) is 15.6. The Morgan fingerprint density at radius 1 is 0.905 bits per heavy atom. The first-order chi connectivity index (χ1) is 19.8. The van der Waals surface area contributed by atoms with Gasteiger partial charge in [-0.25, -0.2) is 14.1 Å². The molecule has 2 N–H and O–H groups in total. The highest BCUT2D eigenvalue weighted by molar-refractivity contribution is 5.73. The molecular weight excluding hydrogens is 578 g/mol. The second-order valence-corrected chi connectivity index (χ2v) is 8.48. The van der Waals surface area contributed by atoms with Gasteiger partial charge in [0.2, 0.25) is 0 Å². The highest BCUT2D eigenvalue weighted by Crippen LogP contribution is 2.27. The van der Waals surface area contributed by atoms with Crippen molar-refractivity contribution in [1.29, 1.82) is 0 Å². The number of morpholine rings is 1. The Morgan fingerprint density at radius 3 is 2.12 bits per heavy atom. The molecule has 1 fully saturated rings. The maximum atomic E-state index is 10.6. The second-order valence-electron chi connectivity index (χ2n) is 8.48. The average Bonchev–Trinajstić information content (AvgIpc) is 3.37. The Hall–Kier alpha value is -4.64. The number of fused-ring (bicyclic) bond motifs is 1. The van der Waals surface area contributed by atoms with E-state index < -0.39 is 24.3 Å². The van der Waals surface area contributed by atoms with Crippen LogP contribution in [0.2, 0.25) is 0 Å². The van der Waals surface area contributed by atoms with Crippen LogP contribution >= 0.6 is 0 Å². The summed E-state index contributed by atoms with van der Waals surface area (Å²) in [5.74, 6) is -5.51. The fourth-order valence-electron chi connectivity index (χ4n) is 3.59. The zero-order valence-electron chi connectivity index (χ0n) is 21.3. The summed E-state index contributed by atoms with van der Waals surface area (Å²) in [6.07, 6.45) is -2.85. The van der Waals surface area contributed by atoms with Crippen molar-refractivity contribution in [2.45, 2.75) is 25.0 Å². The molecule has 0 radical (unpaired) electrons. The van der Waals surface area contributed by atoms with Gasteiger partial charge in [0.05, 0.1) is 17.8 Å². The van der Waals surface area contributed by atoms with Crippen LogP contribution in [0, 0.1) is 0 Å². The third-order valence-electron chi connectivity index (χ3n) is 5.51. The van der Waals surface area contributed by atoms with Crippen molar-refractivity contribution >= 4 is 17.5 Å². The minimum Gasteiger partial charge on any atom is -0.475 e. The molecule has 1 unspecified atom stereocenters. The summed E-state index contributed by atoms with van der Waals surface area (Å²) in [5.41, 5.74) is 5.10. The molecule has 4 aromatic heterocycles. The Kier molecular flexibility index (Phi) is 10.5. The minimum atomic E-state index is -5.08. The number of hydrogen-bond acceptors (Lipinski definition) is 8. The van der Waals surface area contributed by atoms with Crippen molar-refractivity contribution in [3.63, 3.8) is 0 Å². The van der Waals surface area contributed by atoms with Crippen LogP contribution in [-0.2, 0) is 20.9 Å². The van der Waals surface area contributed by atoms with Crippen molar-refractivity contribution in [1.82, 2.24) is 29.7 Å². The lowest BCUT2D eigenvalue weighted by Crippen LogP contribution is -2.38. The molecule has 42 heavy (non-hydrogen) atoms. The number of rotatable bonds is 4. The van der Waals surface area contributed by atoms with E-state index in [-0.39, 0.29) is 6.10 Å². The van der Waals surface area contributed by atoms with Crippen LogP contribution in [0.15, 0.2) is 67.3 Å². The number of carboxylic acid groups (broad SMARTS) is 2. The van der Waals surface area contributed by atoms with Gasteiger partial charge in [-0.1, -0.05) is 17.3 Å². The minimum absolute atomic E-state index is 0.0956. The molecule has 0 aromatic carbocycles. The second kappa shape index (κ2) is 13.8. The highest BCUT2D eigenvalue weighted by Gasteiger charge is 2.38. The number of alkyl halides is 6. The lowest BCUT2D eigenvalue weighted by atomic mass is 10.1. The van der Waals surface area contributed by atoms with Gasteiger partial charge in [0, 0.05) is 50.0 Å². The van der Waals surface area contributed by atoms with E-state index in [0.29, 0.717) is 6.61 Å². The number of nitrogens with zero attached hydrogens (tertiary/aromatic N) is 6. The van der Waals surface area contributed by atoms with Crippen molar-refractivity contribution in [3.8, 4) is 11.1 Å². The first kappa shape index (κ1) is 31.9. The molecular formula is C25H22F6N6O5. The lowest BCUT2D eigenvalue weighted by molar-refractivity contribution is -0.193. The maximum absolute atomic E-state index is 10.6. The summed E-state index contributed by atoms with van der Waals surface area (Å²) in [5, 5.41) is 23.0. The average molecular weight is 600 g/mol. The summed E-state index contributed by atoms with van der Waals surface area (Å²) in [6.45, 7) is 3.15. The molecule has 4 aromatic rings. The first-order valence-corrected chi connectivity index (χ1v) is 11.8. The number of carbonyl (C=O) groups is 2. The number of aromatic nitrogens is 5. The molecule has 1 aliphatic rings. The summed E-state index contributed by atoms with van der Waals surface area (Å²) in [7, 11) is 0. The van der Waals surface area contributed by atoms with Crippen molar-refractivity contribution in [2.75, 3.05) is 19.7 Å². The van der Waals surface area contributed by atoms with Gasteiger partial charge in [-0.15, -0.1) is 5.10 Å². The molecule has 0 spiro atoms. The van der Waals surface area contributed by atoms with Crippen LogP contribution < -0.4 is 0 Å². The van der Waals surface area contributed by atoms with Crippen LogP contribution in [-0.4, -0.2) is 83.9 Å². The zero-order chi connectivity index (χ0) is 30.9. The molecule has 0 bridgehead atoms. The third-order valence-corrected chi connectivity index (χ3v) is 5.51. The maximum Gasteiger partial charge on any atom is 0.490 e. The van der Waals surface area contributed by atoms with Gasteiger partial charge in [-0.05, 0) is 35.9 Å². The summed E-state index contributed by atoms with van der Waals surface area (Å²) >= 11 is 0. The third kappa shape index (κ3) is 9.20. The van der Waals surface area contributed by atoms with E-state index in [2.05, 4.69) is 43.4 Å². The van der Waals surface area contributed by atoms with Gasteiger partial charge in [0.25, 0.3) is 0 Å². The van der Waals surface area contributed by atoms with Gasteiger partial charge in [-0.3, -0.25) is 14.9 Å². The molecule has 11 nitrogen and oxygen atoms in total. The Morgan fingerprint density at radius 2 is 1.55 bits per heavy atom.